The molecule has 4 aliphatic rings. The van der Waals surface area contributed by atoms with Gasteiger partial charge in [0.15, 0.2) is 41.9 Å². The van der Waals surface area contributed by atoms with Gasteiger partial charge in [0.2, 0.25) is 0 Å². The van der Waals surface area contributed by atoms with Crippen LogP contribution in [0.4, 0.5) is 26.0 Å². The molecule has 0 saturated carbocycles. The number of anilines is 3. The van der Waals surface area contributed by atoms with E-state index in [2.05, 4.69) is 71.4 Å². The minimum atomic E-state index is -4.56. The van der Waals surface area contributed by atoms with E-state index in [1.165, 1.54) is 40.4 Å². The van der Waals surface area contributed by atoms with Gasteiger partial charge in [0, 0.05) is 42.4 Å². The number of fused-ring (bicyclic) bond motifs is 9. The van der Waals surface area contributed by atoms with Crippen LogP contribution in [0.25, 0.3) is 44.8 Å². The number of pyridine rings is 1. The van der Waals surface area contributed by atoms with Gasteiger partial charge in [0.1, 0.15) is 65.6 Å². The molecule has 9 aromatic rings. The lowest BCUT2D eigenvalue weighted by Gasteiger charge is -2.30. The lowest BCUT2D eigenvalue weighted by atomic mass is 9.96. The zero-order chi connectivity index (χ0) is 57.1. The van der Waals surface area contributed by atoms with E-state index < -0.39 is 82.7 Å². The third-order valence-electron chi connectivity index (χ3n) is 14.6. The third-order valence-corrected chi connectivity index (χ3v) is 19.5. The molecule has 0 unspecified atom stereocenters. The number of rotatable bonds is 11. The molecule has 3 saturated heterocycles. The number of halogens is 2. The molecule has 83 heavy (non-hydrogen) atoms. The second kappa shape index (κ2) is 22.2. The first-order chi connectivity index (χ1) is 40.2. The smallest absolute Gasteiger partial charge is 0.389 e. The topological polar surface area (TPSA) is 285 Å². The first-order valence-electron chi connectivity index (χ1n) is 26.1. The summed E-state index contributed by atoms with van der Waals surface area (Å²) in [6, 6.07) is 30.9. The number of benzene rings is 4. The maximum Gasteiger partial charge on any atom is 0.389 e. The van der Waals surface area contributed by atoms with Crippen molar-refractivity contribution in [2.45, 2.75) is 68.1 Å². The van der Waals surface area contributed by atoms with Crippen molar-refractivity contribution in [3.8, 4) is 34.0 Å². The maximum atomic E-state index is 17.1. The first kappa shape index (κ1) is 54.6. The molecular formula is C53H50BF2N13O11P2S. The summed E-state index contributed by atoms with van der Waals surface area (Å²) in [5.41, 5.74) is 20.0. The summed E-state index contributed by atoms with van der Waals surface area (Å²) in [7, 11) is -1.02. The second-order valence-electron chi connectivity index (χ2n) is 20.0. The summed E-state index contributed by atoms with van der Waals surface area (Å²) in [4.78, 5) is 36.6. The molecule has 426 valence electrons. The maximum absolute atomic E-state index is 17.1. The number of carbonyl (C=O) groups is 1. The Morgan fingerprint density at radius 1 is 0.771 bits per heavy atom. The summed E-state index contributed by atoms with van der Waals surface area (Å²) >= 11 is 0.699. The van der Waals surface area contributed by atoms with E-state index in [0.29, 0.717) is 29.2 Å². The van der Waals surface area contributed by atoms with Gasteiger partial charge in [-0.25, -0.2) is 47.7 Å². The Morgan fingerprint density at radius 2 is 1.43 bits per heavy atom. The molecule has 4 N–H and O–H groups in total. The highest BCUT2D eigenvalue weighted by Crippen LogP contribution is 2.65. The predicted molar refractivity (Wildman–Crippen MR) is 302 cm³/mol. The molecule has 0 radical (unpaired) electrons. The summed E-state index contributed by atoms with van der Waals surface area (Å²) in [5, 5.41) is 9.19. The van der Waals surface area contributed by atoms with Crippen LogP contribution >= 0.6 is 25.7 Å². The average Bonchev–Trinajstić information content (AvgIpc) is 3.02. The molecule has 0 amide bonds. The quantitative estimate of drug-likeness (QED) is 0.0543. The summed E-state index contributed by atoms with van der Waals surface area (Å²) in [6.45, 7) is -4.47. The second-order valence-corrected chi connectivity index (χ2v) is 26.0. The van der Waals surface area contributed by atoms with Gasteiger partial charge in [0.05, 0.1) is 49.4 Å². The van der Waals surface area contributed by atoms with Crippen LogP contribution in [0.3, 0.4) is 0 Å². The molecule has 13 rings (SSSR count). The predicted octanol–water partition coefficient (Wildman–Crippen LogP) is 7.68. The lowest BCUT2D eigenvalue weighted by molar-refractivity contribution is -0.0546. The van der Waals surface area contributed by atoms with Crippen molar-refractivity contribution in [2.75, 3.05) is 43.2 Å². The Hall–Kier alpha value is -7.65. The van der Waals surface area contributed by atoms with Gasteiger partial charge < -0.3 is 44.4 Å². The van der Waals surface area contributed by atoms with Crippen molar-refractivity contribution in [3.05, 3.63) is 145 Å². The third kappa shape index (κ3) is 10.6. The van der Waals surface area contributed by atoms with Crippen LogP contribution in [-0.2, 0) is 55.5 Å². The fourth-order valence-corrected chi connectivity index (χ4v) is 15.0. The minimum absolute atomic E-state index is 0.0370. The fraction of sp³-hybridized carbons (Fsp3) is 0.283. The van der Waals surface area contributed by atoms with Gasteiger partial charge in [-0.1, -0.05) is 59.8 Å². The number of nitrogens with zero attached hydrogens (tertiary/aromatic N) is 11. The number of nitrogen functional groups attached to an aromatic ring is 2. The number of carbonyl (C=O) groups excluding carboxylic acids is 1. The van der Waals surface area contributed by atoms with Crippen molar-refractivity contribution < 1.29 is 59.7 Å². The number of alkyl halides is 2. The molecule has 30 heteroatoms. The van der Waals surface area contributed by atoms with Gasteiger partial charge in [-0.2, -0.15) is 0 Å². The zero-order valence-corrected chi connectivity index (χ0v) is 46.7. The standard InChI is InChI=1S/C53H50BF2N13O11P2S/c1-66-22-31-6-2-3-7-34(31)42-45(35-8-4-5-9-37(35)66)69(65-64-42)20-21-73-32-16-12-30(13-17-32)53(70)76-33-14-10-29(11-15-33)25-83-82(72)75-24-39-46(40(55)51(78-39)68-28-63-44-48(58)60-26-61-50(44)68)79-81(54,71)74-23-38-47(80-82)41(56)52(77-38)67-27-62-43-36(57)18-19-59-49(43)67/h2-19,26-28,38-41,46-47,51-52H,20-25,54H2,1H3,(H2,57,59)(H2,58,60,61)/t38-,39-,40-,41-,46-,47-,51-,52-,81-,82+/m1/s1. The Kier molecular flexibility index (Phi) is 14.6. The van der Waals surface area contributed by atoms with Crippen molar-refractivity contribution in [2.24, 2.45) is 0 Å². The summed E-state index contributed by atoms with van der Waals surface area (Å²) < 4.78 is 116. The van der Waals surface area contributed by atoms with E-state index in [1.807, 2.05) is 28.9 Å². The normalized spacial score (nSPS) is 26.1. The molecule has 4 aromatic carbocycles. The van der Waals surface area contributed by atoms with E-state index in [4.69, 9.17) is 48.5 Å². The number of aromatic nitrogens is 10. The van der Waals surface area contributed by atoms with E-state index in [9.17, 15) is 9.36 Å². The Bertz CT molecular complexity index is 4020. The summed E-state index contributed by atoms with van der Waals surface area (Å²) in [6.07, 6.45) is -8.06. The van der Waals surface area contributed by atoms with Gasteiger partial charge in [-0.15, -0.1) is 5.10 Å². The highest BCUT2D eigenvalue weighted by atomic mass is 32.7. The van der Waals surface area contributed by atoms with Crippen LogP contribution in [-0.4, -0.2) is 126 Å². The Morgan fingerprint density at radius 3 is 2.19 bits per heavy atom. The highest BCUT2D eigenvalue weighted by Gasteiger charge is 2.55. The monoisotopic (exact) mass is 1190 g/mol. The largest absolute Gasteiger partial charge is 0.492 e. The van der Waals surface area contributed by atoms with E-state index in [-0.39, 0.29) is 57.5 Å². The van der Waals surface area contributed by atoms with Crippen LogP contribution in [0.1, 0.15) is 33.9 Å². The van der Waals surface area contributed by atoms with E-state index >= 15 is 13.3 Å². The number of esters is 1. The summed E-state index contributed by atoms with van der Waals surface area (Å²) in [5.74, 6) is 0.0922. The van der Waals surface area contributed by atoms with Gasteiger partial charge >= 0.3 is 12.8 Å². The number of imidazole rings is 2. The van der Waals surface area contributed by atoms with Crippen LogP contribution in [0.2, 0.25) is 0 Å². The van der Waals surface area contributed by atoms with Crippen molar-refractivity contribution in [3.63, 3.8) is 0 Å². The van der Waals surface area contributed by atoms with Crippen LogP contribution in [0.15, 0.2) is 128 Å². The van der Waals surface area contributed by atoms with Gasteiger partial charge in [-0.05, 0) is 71.0 Å². The number of nitrogens with two attached hydrogens (primary N) is 2. The SMILES string of the molecule is B[P@@]1(=O)OC[C@H]2O[C@@H](n3cnc4c(N)ccnc43)[C@H](F)[C@@H]2O[P@@](=O)(SCc2ccc(OC(=O)c3ccc(OCCn4nnc5c4-c4ccccc4N(C)Cc4ccccc4-5)cc3)cc2)OC[C@H]2O[C@@H](n3cnc4c(N)ncnc43)[C@H](F)[C@@H]2O1. The highest BCUT2D eigenvalue weighted by molar-refractivity contribution is 8.54. The minimum Gasteiger partial charge on any atom is -0.492 e. The fourth-order valence-electron chi connectivity index (χ4n) is 10.5. The number of ether oxygens (including phenoxy) is 4. The van der Waals surface area contributed by atoms with Gasteiger partial charge in [-0.3, -0.25) is 22.7 Å². The molecule has 10 atom stereocenters. The molecule has 0 spiro atoms. The number of hydrogen-bond donors (Lipinski definition) is 2. The van der Waals surface area contributed by atoms with E-state index in [0.717, 1.165) is 47.9 Å². The average molecular weight is 1190 g/mol. The molecule has 0 bridgehead atoms. The van der Waals surface area contributed by atoms with Crippen molar-refractivity contribution in [1.29, 1.82) is 0 Å². The van der Waals surface area contributed by atoms with Gasteiger partial charge in [0.25, 0.3) is 15.0 Å². The number of hydrogen-bond acceptors (Lipinski definition) is 22. The molecule has 3 fully saturated rings. The molecule has 4 aliphatic heterocycles. The molecule has 9 heterocycles. The Labute approximate surface area is 475 Å². The van der Waals surface area contributed by atoms with Crippen LogP contribution < -0.4 is 25.8 Å². The first-order valence-corrected chi connectivity index (χ1v) is 31.2. The Balaban J connectivity index is 0.690. The molecule has 0 aliphatic carbocycles. The van der Waals surface area contributed by atoms with Crippen LogP contribution in [0, 0.1) is 0 Å². The van der Waals surface area contributed by atoms with Crippen molar-refractivity contribution >= 4 is 78.7 Å². The lowest BCUT2D eigenvalue weighted by Crippen LogP contribution is -2.37. The molecule has 5 aromatic heterocycles. The van der Waals surface area contributed by atoms with Crippen LogP contribution in [0.5, 0.6) is 11.5 Å². The van der Waals surface area contributed by atoms with E-state index in [1.54, 1.807) is 48.5 Å². The molecular weight excluding hydrogens is 1140 g/mol. The number of para-hydroxylation sites is 1. The molecule has 24 nitrogen and oxygen atoms in total. The van der Waals surface area contributed by atoms with Crippen molar-refractivity contribution in [1.82, 2.24) is 49.0 Å². The zero-order valence-electron chi connectivity index (χ0n) is 44.1.